The lowest BCUT2D eigenvalue weighted by Gasteiger charge is -2.12. The minimum absolute atomic E-state index is 0.0135. The Hall–Kier alpha value is -4.33. The molecule has 5 aromatic rings. The van der Waals surface area contributed by atoms with Crippen LogP contribution in [-0.4, -0.2) is 35.8 Å². The Morgan fingerprint density at radius 2 is 1.84 bits per heavy atom. The Morgan fingerprint density at radius 3 is 2.54 bits per heavy atom. The average molecular weight is 537 g/mol. The van der Waals surface area contributed by atoms with Crippen LogP contribution in [0.1, 0.15) is 5.56 Å². The number of hydrogen-bond donors (Lipinski definition) is 2. The summed E-state index contributed by atoms with van der Waals surface area (Å²) in [6.07, 6.45) is 0.211. The predicted octanol–water partition coefficient (Wildman–Crippen LogP) is 4.70. The molecule has 5 rings (SSSR count). The van der Waals surface area contributed by atoms with Crippen molar-refractivity contribution in [3.05, 3.63) is 63.7 Å². The van der Waals surface area contributed by atoms with Crippen LogP contribution in [-0.2, 0) is 20.3 Å². The Morgan fingerprint density at radius 1 is 1.08 bits per heavy atom. The smallest absolute Gasteiger partial charge is 0.417 e. The fourth-order valence-electron chi connectivity index (χ4n) is 3.75. The number of imidazole rings is 1. The van der Waals surface area contributed by atoms with Crippen molar-refractivity contribution < 1.29 is 22.3 Å². The van der Waals surface area contributed by atoms with Crippen LogP contribution in [0.25, 0.3) is 16.7 Å². The average Bonchev–Trinajstić information content (AvgIpc) is 3.39. The Bertz CT molecular complexity index is 1740. The number of rotatable bonds is 5. The Kier molecular flexibility index (Phi) is 5.70. The summed E-state index contributed by atoms with van der Waals surface area (Å²) in [7, 11) is 4.38. The number of nitrogens with one attached hydrogen (secondary N) is 2. The van der Waals surface area contributed by atoms with Crippen molar-refractivity contribution >= 4 is 45.6 Å². The molecule has 5 aromatic heterocycles. The van der Waals surface area contributed by atoms with Gasteiger partial charge in [-0.1, -0.05) is 11.6 Å². The number of alkyl halides is 3. The highest BCUT2D eigenvalue weighted by Gasteiger charge is 2.32. The van der Waals surface area contributed by atoms with Crippen molar-refractivity contribution in [2.45, 2.75) is 6.18 Å². The number of ether oxygens (including phenoxy) is 1. The molecule has 15 heteroatoms. The summed E-state index contributed by atoms with van der Waals surface area (Å²) >= 11 is 6.56. The van der Waals surface area contributed by atoms with Gasteiger partial charge >= 0.3 is 6.18 Å². The van der Waals surface area contributed by atoms with Gasteiger partial charge in [0.1, 0.15) is 21.7 Å². The summed E-state index contributed by atoms with van der Waals surface area (Å²) in [4.78, 5) is 20.9. The number of halogens is 5. The minimum Gasteiger partial charge on any atom is -0.450 e. The van der Waals surface area contributed by atoms with Crippen LogP contribution >= 0.6 is 11.6 Å². The van der Waals surface area contributed by atoms with E-state index in [1.54, 1.807) is 13.2 Å². The maximum Gasteiger partial charge on any atom is 0.417 e. The van der Waals surface area contributed by atoms with Crippen molar-refractivity contribution in [2.24, 2.45) is 14.1 Å². The molecule has 0 amide bonds. The molecule has 10 nitrogen and oxygen atoms in total. The van der Waals surface area contributed by atoms with Crippen LogP contribution in [0.2, 0.25) is 5.02 Å². The highest BCUT2D eigenvalue weighted by molar-refractivity contribution is 6.36. The van der Waals surface area contributed by atoms with Crippen molar-refractivity contribution in [1.82, 2.24) is 28.7 Å². The minimum atomic E-state index is -4.66. The number of anilines is 3. The van der Waals surface area contributed by atoms with Crippen LogP contribution in [0, 0.1) is 5.82 Å². The molecule has 0 unspecified atom stereocenters. The van der Waals surface area contributed by atoms with Gasteiger partial charge in [0.05, 0.1) is 29.8 Å². The topological polar surface area (TPSA) is 103 Å². The van der Waals surface area contributed by atoms with E-state index in [0.717, 1.165) is 4.57 Å². The molecule has 0 radical (unpaired) electrons. The SMILES string of the molecule is CNc1cc(F)c2c(Oc3cnc4nc(Nc5cc(C(F)(F)F)cn(C)c5=O)n(C)c4c3Cl)cnn2c1. The fraction of sp³-hybridized carbons (Fsp3) is 0.182. The Labute approximate surface area is 210 Å². The molecule has 37 heavy (non-hydrogen) atoms. The third-order valence-corrected chi connectivity index (χ3v) is 5.97. The third-order valence-electron chi connectivity index (χ3n) is 5.60. The molecule has 0 bridgehead atoms. The van der Waals surface area contributed by atoms with Crippen LogP contribution in [0.4, 0.5) is 34.9 Å². The number of pyridine rings is 3. The van der Waals surface area contributed by atoms with Gasteiger partial charge in [0.15, 0.2) is 23.0 Å². The molecule has 0 aliphatic carbocycles. The van der Waals surface area contributed by atoms with E-state index in [1.807, 2.05) is 0 Å². The first-order chi connectivity index (χ1) is 17.5. The van der Waals surface area contributed by atoms with Crippen molar-refractivity contribution in [2.75, 3.05) is 17.7 Å². The molecule has 0 aromatic carbocycles. The zero-order valence-electron chi connectivity index (χ0n) is 19.4. The van der Waals surface area contributed by atoms with Crippen molar-refractivity contribution in [3.8, 4) is 11.5 Å². The number of aryl methyl sites for hydroxylation is 2. The van der Waals surface area contributed by atoms with Gasteiger partial charge in [-0.2, -0.15) is 23.3 Å². The molecule has 2 N–H and O–H groups in total. The molecule has 0 fully saturated rings. The largest absolute Gasteiger partial charge is 0.450 e. The molecular weight excluding hydrogens is 520 g/mol. The van der Waals surface area contributed by atoms with Gasteiger partial charge in [0.2, 0.25) is 5.95 Å². The Balaban J connectivity index is 1.53. The number of fused-ring (bicyclic) bond motifs is 2. The molecule has 5 heterocycles. The standard InChI is InChI=1S/C22H17ClF4N8O2/c1-28-11-5-12(24)17-15(7-30-35(17)9-11)37-14-6-29-19-18(16(14)23)34(3)21(32-19)31-13-4-10(22(25,26)27)8-33(2)20(13)36/h4-9,28H,1-3H3,(H,29,31,32). The van der Waals surface area contributed by atoms with Crippen LogP contribution in [0.15, 0.2) is 41.7 Å². The van der Waals surface area contributed by atoms with E-state index in [4.69, 9.17) is 16.3 Å². The maximum absolute atomic E-state index is 14.7. The second kappa shape index (κ2) is 8.65. The first-order valence-electron chi connectivity index (χ1n) is 10.6. The van der Waals surface area contributed by atoms with Gasteiger partial charge < -0.3 is 24.5 Å². The van der Waals surface area contributed by atoms with E-state index >= 15 is 0 Å². The second-order valence-electron chi connectivity index (χ2n) is 8.02. The quantitative estimate of drug-likeness (QED) is 0.314. The summed E-state index contributed by atoms with van der Waals surface area (Å²) < 4.78 is 63.7. The molecule has 0 atom stereocenters. The first kappa shape index (κ1) is 24.4. The lowest BCUT2D eigenvalue weighted by molar-refractivity contribution is -0.138. The van der Waals surface area contributed by atoms with E-state index in [1.165, 1.54) is 41.6 Å². The van der Waals surface area contributed by atoms with Crippen molar-refractivity contribution in [3.63, 3.8) is 0 Å². The normalized spacial score (nSPS) is 11.9. The molecule has 0 aliphatic rings. The van der Waals surface area contributed by atoms with Crippen LogP contribution in [0.5, 0.6) is 11.5 Å². The summed E-state index contributed by atoms with van der Waals surface area (Å²) in [5.41, 5.74) is -1.07. The molecule has 0 saturated heterocycles. The highest BCUT2D eigenvalue weighted by Crippen LogP contribution is 2.37. The first-order valence-corrected chi connectivity index (χ1v) is 10.9. The van der Waals surface area contributed by atoms with Gasteiger partial charge in [-0.15, -0.1) is 0 Å². The molecule has 0 spiro atoms. The lowest BCUT2D eigenvalue weighted by Crippen LogP contribution is -2.23. The zero-order chi connectivity index (χ0) is 26.6. The van der Waals surface area contributed by atoms with Gasteiger partial charge in [0, 0.05) is 33.4 Å². The van der Waals surface area contributed by atoms with Gasteiger partial charge in [0.25, 0.3) is 5.56 Å². The number of aromatic nitrogens is 6. The van der Waals surface area contributed by atoms with E-state index in [-0.39, 0.29) is 44.8 Å². The van der Waals surface area contributed by atoms with E-state index in [2.05, 4.69) is 25.7 Å². The fourth-order valence-corrected chi connectivity index (χ4v) is 4.05. The number of hydrogen-bond acceptors (Lipinski definition) is 7. The maximum atomic E-state index is 14.7. The van der Waals surface area contributed by atoms with E-state index < -0.39 is 23.1 Å². The van der Waals surface area contributed by atoms with E-state index in [0.29, 0.717) is 18.0 Å². The van der Waals surface area contributed by atoms with E-state index in [9.17, 15) is 22.4 Å². The van der Waals surface area contributed by atoms with Crippen LogP contribution < -0.4 is 20.9 Å². The molecule has 192 valence electrons. The van der Waals surface area contributed by atoms with Gasteiger partial charge in [-0.3, -0.25) is 4.79 Å². The number of nitrogens with zero attached hydrogens (tertiary/aromatic N) is 6. The van der Waals surface area contributed by atoms with Crippen LogP contribution in [0.3, 0.4) is 0 Å². The third kappa shape index (κ3) is 4.18. The zero-order valence-corrected chi connectivity index (χ0v) is 20.1. The van der Waals surface area contributed by atoms with Gasteiger partial charge in [-0.05, 0) is 6.07 Å². The highest BCUT2D eigenvalue weighted by atomic mass is 35.5. The molecule has 0 aliphatic heterocycles. The monoisotopic (exact) mass is 536 g/mol. The summed E-state index contributed by atoms with van der Waals surface area (Å²) in [6, 6.07) is 1.98. The van der Waals surface area contributed by atoms with Gasteiger partial charge in [-0.25, -0.2) is 13.9 Å². The summed E-state index contributed by atoms with van der Waals surface area (Å²) in [6.45, 7) is 0. The lowest BCUT2D eigenvalue weighted by atomic mass is 10.2. The molecular formula is C22H17ClF4N8O2. The predicted molar refractivity (Wildman–Crippen MR) is 128 cm³/mol. The second-order valence-corrected chi connectivity index (χ2v) is 8.39. The van der Waals surface area contributed by atoms with Crippen molar-refractivity contribution in [1.29, 1.82) is 0 Å². The molecule has 0 saturated carbocycles. The summed E-state index contributed by atoms with van der Waals surface area (Å²) in [5.74, 6) is -0.430. The summed E-state index contributed by atoms with van der Waals surface area (Å²) in [5, 5.41) is 9.60.